The topological polar surface area (TPSA) is 113 Å². The van der Waals surface area contributed by atoms with Crippen LogP contribution in [0.5, 0.6) is 5.75 Å². The molecule has 0 bridgehead atoms. The van der Waals surface area contributed by atoms with Gasteiger partial charge in [-0.3, -0.25) is 4.79 Å². The summed E-state index contributed by atoms with van der Waals surface area (Å²) in [4.78, 5) is 23.2. The van der Waals surface area contributed by atoms with Gasteiger partial charge in [-0.1, -0.05) is 0 Å². The van der Waals surface area contributed by atoms with Gasteiger partial charge in [-0.05, 0) is 52.3 Å². The van der Waals surface area contributed by atoms with Crippen molar-refractivity contribution in [1.82, 2.24) is 0 Å². The number of carbonyl (C=O) groups is 2. The summed E-state index contributed by atoms with van der Waals surface area (Å²) in [5.74, 6) is -1.93. The Bertz CT molecular complexity index is 731. The summed E-state index contributed by atoms with van der Waals surface area (Å²) < 4.78 is 0.569. The second-order valence-electron chi connectivity index (χ2n) is 4.23. The Hall–Kier alpha value is -2.54. The molecular weight excluding hydrogens is 340 g/mol. The molecule has 0 aliphatic heterocycles. The first-order valence-corrected chi connectivity index (χ1v) is 6.60. The van der Waals surface area contributed by atoms with Crippen molar-refractivity contribution in [2.24, 2.45) is 0 Å². The van der Waals surface area contributed by atoms with Gasteiger partial charge in [-0.2, -0.15) is 0 Å². The van der Waals surface area contributed by atoms with Crippen LogP contribution in [0.15, 0.2) is 40.9 Å². The lowest BCUT2D eigenvalue weighted by Gasteiger charge is -2.09. The number of rotatable bonds is 3. The number of aromatic hydroxyl groups is 1. The predicted octanol–water partition coefficient (Wildman–Crippen LogP) is 2.69. The monoisotopic (exact) mass is 350 g/mol. The first kappa shape index (κ1) is 14.9. The molecule has 0 saturated carbocycles. The molecule has 2 aromatic carbocycles. The van der Waals surface area contributed by atoms with Crippen LogP contribution in [0.4, 0.5) is 11.4 Å². The van der Waals surface area contributed by atoms with Crippen LogP contribution >= 0.6 is 15.9 Å². The van der Waals surface area contributed by atoms with Gasteiger partial charge in [0.25, 0.3) is 5.91 Å². The van der Waals surface area contributed by atoms with Gasteiger partial charge in [0.05, 0.1) is 11.3 Å². The van der Waals surface area contributed by atoms with Crippen molar-refractivity contribution in [3.8, 4) is 5.75 Å². The van der Waals surface area contributed by atoms with Gasteiger partial charge in [0, 0.05) is 15.7 Å². The van der Waals surface area contributed by atoms with Crippen molar-refractivity contribution >= 4 is 39.2 Å². The summed E-state index contributed by atoms with van der Waals surface area (Å²) >= 11 is 3.21. The van der Waals surface area contributed by atoms with Crippen molar-refractivity contribution in [3.63, 3.8) is 0 Å². The Balaban J connectivity index is 2.31. The van der Waals surface area contributed by atoms with E-state index in [4.69, 9.17) is 10.8 Å². The minimum absolute atomic E-state index is 0.0956. The zero-order valence-corrected chi connectivity index (χ0v) is 12.2. The number of nitrogens with one attached hydrogen (secondary N) is 1. The van der Waals surface area contributed by atoms with E-state index in [0.717, 1.165) is 6.07 Å². The molecular formula is C14H11BrN2O4. The molecule has 6 nitrogen and oxygen atoms in total. The second-order valence-corrected chi connectivity index (χ2v) is 5.08. The number of nitrogens with two attached hydrogens (primary N) is 1. The molecule has 108 valence electrons. The number of aromatic carboxylic acids is 1. The summed E-state index contributed by atoms with van der Waals surface area (Å²) in [6.45, 7) is 0. The largest absolute Gasteiger partial charge is 0.508 e. The standard InChI is InChI=1S/C14H11BrN2O4/c15-10-5-7(1-3-11(10)16)13(19)17-12-4-2-8(18)6-9(12)14(20)21/h1-6,18H,16H2,(H,17,19)(H,20,21). The first-order valence-electron chi connectivity index (χ1n) is 5.81. The molecule has 0 fully saturated rings. The van der Waals surface area contributed by atoms with Crippen LogP contribution in [0.25, 0.3) is 0 Å². The van der Waals surface area contributed by atoms with E-state index in [-0.39, 0.29) is 17.0 Å². The molecule has 7 heteroatoms. The number of phenolic OH excluding ortho intramolecular Hbond substituents is 1. The Labute approximate surface area is 128 Å². The van der Waals surface area contributed by atoms with Crippen LogP contribution in [0, 0.1) is 0 Å². The fourth-order valence-corrected chi connectivity index (χ4v) is 2.06. The number of benzene rings is 2. The maximum Gasteiger partial charge on any atom is 0.337 e. The lowest BCUT2D eigenvalue weighted by Crippen LogP contribution is -2.15. The molecule has 1 amide bonds. The second kappa shape index (κ2) is 5.84. The number of anilines is 2. The average molecular weight is 351 g/mol. The van der Waals surface area contributed by atoms with Crippen LogP contribution in [-0.2, 0) is 0 Å². The Morgan fingerprint density at radius 3 is 2.48 bits per heavy atom. The van der Waals surface area contributed by atoms with Crippen LogP contribution in [0.3, 0.4) is 0 Å². The van der Waals surface area contributed by atoms with Crippen LogP contribution in [0.2, 0.25) is 0 Å². The van der Waals surface area contributed by atoms with Gasteiger partial charge in [-0.15, -0.1) is 0 Å². The number of halogens is 1. The third-order valence-corrected chi connectivity index (χ3v) is 3.43. The van der Waals surface area contributed by atoms with Crippen LogP contribution in [-0.4, -0.2) is 22.1 Å². The van der Waals surface area contributed by atoms with Crippen molar-refractivity contribution in [2.75, 3.05) is 11.1 Å². The van der Waals surface area contributed by atoms with Gasteiger partial charge in [-0.25, -0.2) is 4.79 Å². The first-order chi connectivity index (χ1) is 9.88. The van der Waals surface area contributed by atoms with Gasteiger partial charge in [0.2, 0.25) is 0 Å². The zero-order chi connectivity index (χ0) is 15.6. The summed E-state index contributed by atoms with van der Waals surface area (Å²) in [6, 6.07) is 8.30. The van der Waals surface area contributed by atoms with Crippen molar-refractivity contribution in [3.05, 3.63) is 52.0 Å². The van der Waals surface area contributed by atoms with Gasteiger partial charge in [0.1, 0.15) is 5.75 Å². The third kappa shape index (κ3) is 3.32. The van der Waals surface area contributed by atoms with Gasteiger partial charge in [0.15, 0.2) is 0 Å². The number of nitrogen functional groups attached to an aromatic ring is 1. The van der Waals surface area contributed by atoms with Crippen LogP contribution in [0.1, 0.15) is 20.7 Å². The Kier molecular flexibility index (Phi) is 4.13. The van der Waals surface area contributed by atoms with Gasteiger partial charge >= 0.3 is 5.97 Å². The molecule has 2 rings (SSSR count). The van der Waals surface area contributed by atoms with E-state index in [2.05, 4.69) is 21.2 Å². The quantitative estimate of drug-likeness (QED) is 0.502. The van der Waals surface area contributed by atoms with E-state index in [1.54, 1.807) is 6.07 Å². The maximum atomic E-state index is 12.1. The SMILES string of the molecule is Nc1ccc(C(=O)Nc2ccc(O)cc2C(=O)O)cc1Br. The molecule has 5 N–H and O–H groups in total. The molecule has 0 aliphatic rings. The van der Waals surface area contributed by atoms with Gasteiger partial charge < -0.3 is 21.3 Å². The molecule has 0 aliphatic carbocycles. The third-order valence-electron chi connectivity index (χ3n) is 2.74. The molecule has 0 aromatic heterocycles. The van der Waals surface area contributed by atoms with E-state index in [1.165, 1.54) is 24.3 Å². The minimum Gasteiger partial charge on any atom is -0.508 e. The number of hydrogen-bond donors (Lipinski definition) is 4. The highest BCUT2D eigenvalue weighted by atomic mass is 79.9. The van der Waals surface area contributed by atoms with E-state index >= 15 is 0 Å². The normalized spacial score (nSPS) is 10.1. The summed E-state index contributed by atoms with van der Waals surface area (Å²) in [7, 11) is 0. The number of amides is 1. The molecule has 0 radical (unpaired) electrons. The molecule has 0 spiro atoms. The lowest BCUT2D eigenvalue weighted by molar-refractivity contribution is 0.0697. The smallest absolute Gasteiger partial charge is 0.337 e. The number of carboxylic acids is 1. The van der Waals surface area contributed by atoms with Crippen molar-refractivity contribution in [1.29, 1.82) is 0 Å². The molecule has 0 atom stereocenters. The maximum absolute atomic E-state index is 12.1. The molecule has 0 heterocycles. The van der Waals surface area contributed by atoms with Crippen LogP contribution < -0.4 is 11.1 Å². The van der Waals surface area contributed by atoms with Crippen molar-refractivity contribution < 1.29 is 19.8 Å². The lowest BCUT2D eigenvalue weighted by atomic mass is 10.1. The Morgan fingerprint density at radius 1 is 1.14 bits per heavy atom. The highest BCUT2D eigenvalue weighted by Crippen LogP contribution is 2.24. The number of carbonyl (C=O) groups excluding carboxylic acids is 1. The molecule has 0 saturated heterocycles. The summed E-state index contributed by atoms with van der Waals surface area (Å²) in [5.41, 5.74) is 6.35. The highest BCUT2D eigenvalue weighted by molar-refractivity contribution is 9.10. The number of carboxylic acid groups (broad SMARTS) is 1. The van der Waals surface area contributed by atoms with E-state index in [1.807, 2.05) is 0 Å². The molecule has 21 heavy (non-hydrogen) atoms. The van der Waals surface area contributed by atoms with E-state index in [0.29, 0.717) is 15.7 Å². The van der Waals surface area contributed by atoms with Crippen molar-refractivity contribution in [2.45, 2.75) is 0 Å². The summed E-state index contributed by atoms with van der Waals surface area (Å²) in [6.07, 6.45) is 0. The fraction of sp³-hybridized carbons (Fsp3) is 0. The fourth-order valence-electron chi connectivity index (χ4n) is 1.68. The summed E-state index contributed by atoms with van der Waals surface area (Å²) in [5, 5.41) is 20.9. The van der Waals surface area contributed by atoms with E-state index in [9.17, 15) is 14.7 Å². The number of hydrogen-bond acceptors (Lipinski definition) is 4. The molecule has 2 aromatic rings. The predicted molar refractivity (Wildman–Crippen MR) is 81.6 cm³/mol. The highest BCUT2D eigenvalue weighted by Gasteiger charge is 2.15. The van der Waals surface area contributed by atoms with E-state index < -0.39 is 11.9 Å². The zero-order valence-electron chi connectivity index (χ0n) is 10.6. The minimum atomic E-state index is -1.25. The molecule has 0 unspecified atom stereocenters. The Morgan fingerprint density at radius 2 is 1.86 bits per heavy atom. The average Bonchev–Trinajstić information content (AvgIpc) is 2.43. The number of phenols is 1.